The predicted molar refractivity (Wildman–Crippen MR) is 131 cm³/mol. The Kier molecular flexibility index (Phi) is 7.96. The van der Waals surface area contributed by atoms with Gasteiger partial charge >= 0.3 is 0 Å². The molecule has 0 saturated carbocycles. The number of sulfonamides is 1. The summed E-state index contributed by atoms with van der Waals surface area (Å²) in [4.78, 5) is 15.5. The summed E-state index contributed by atoms with van der Waals surface area (Å²) < 4.78 is 27.2. The van der Waals surface area contributed by atoms with Gasteiger partial charge in [0, 0.05) is 31.2 Å². The van der Waals surface area contributed by atoms with Crippen LogP contribution in [0.2, 0.25) is 0 Å². The van der Waals surface area contributed by atoms with Crippen LogP contribution in [0.5, 0.6) is 0 Å². The lowest BCUT2D eigenvalue weighted by atomic mass is 10.0. The van der Waals surface area contributed by atoms with E-state index < -0.39 is 10.0 Å². The first-order chi connectivity index (χ1) is 15.9. The van der Waals surface area contributed by atoms with Crippen molar-refractivity contribution >= 4 is 15.8 Å². The van der Waals surface area contributed by atoms with Crippen LogP contribution in [0.1, 0.15) is 59.6 Å². The molecule has 2 heterocycles. The van der Waals surface area contributed by atoms with Crippen LogP contribution < -0.4 is 5.32 Å². The normalized spacial score (nSPS) is 18.9. The number of rotatable bonds is 9. The summed E-state index contributed by atoms with van der Waals surface area (Å²) in [5.74, 6) is -0.0269. The zero-order valence-electron chi connectivity index (χ0n) is 19.5. The van der Waals surface area contributed by atoms with Gasteiger partial charge in [-0.25, -0.2) is 8.42 Å². The van der Waals surface area contributed by atoms with Crippen molar-refractivity contribution in [1.29, 1.82) is 0 Å². The van der Waals surface area contributed by atoms with Crippen LogP contribution in [0.25, 0.3) is 0 Å². The number of nitrogens with zero attached hydrogens (tertiary/aromatic N) is 2. The van der Waals surface area contributed by atoms with Gasteiger partial charge < -0.3 is 5.32 Å². The fourth-order valence-electron chi connectivity index (χ4n) is 4.79. The van der Waals surface area contributed by atoms with Crippen molar-refractivity contribution in [1.82, 2.24) is 14.5 Å². The summed E-state index contributed by atoms with van der Waals surface area (Å²) in [5, 5.41) is 3.35. The van der Waals surface area contributed by atoms with Crippen LogP contribution in [0.15, 0.2) is 53.4 Å². The molecule has 2 aliphatic rings. The SMILES string of the molecule is Cc1ccc(C(CNCC(=O)c2ccc(S(=O)(=O)N3CCCCC3)cc2)N2CCCC2)cc1. The average Bonchev–Trinajstić information content (AvgIpc) is 3.38. The Balaban J connectivity index is 1.36. The maximum Gasteiger partial charge on any atom is 0.243 e. The van der Waals surface area contributed by atoms with E-state index in [-0.39, 0.29) is 23.3 Å². The number of likely N-dealkylation sites (tertiary alicyclic amines) is 1. The third-order valence-corrected chi connectivity index (χ3v) is 8.71. The molecule has 6 nitrogen and oxygen atoms in total. The first-order valence-electron chi connectivity index (χ1n) is 12.1. The molecule has 2 aromatic rings. The molecule has 7 heteroatoms. The highest BCUT2D eigenvalue weighted by Crippen LogP contribution is 2.25. The molecular weight excluding hydrogens is 434 g/mol. The van der Waals surface area contributed by atoms with Crippen molar-refractivity contribution in [2.24, 2.45) is 0 Å². The summed E-state index contributed by atoms with van der Waals surface area (Å²) in [6, 6.07) is 15.3. The van der Waals surface area contributed by atoms with E-state index in [1.807, 2.05) is 0 Å². The number of benzene rings is 2. The zero-order chi connectivity index (χ0) is 23.3. The smallest absolute Gasteiger partial charge is 0.243 e. The molecule has 1 atom stereocenters. The van der Waals surface area contributed by atoms with E-state index >= 15 is 0 Å². The molecule has 0 bridgehead atoms. The number of ketones is 1. The number of nitrogens with one attached hydrogen (secondary N) is 1. The Hall–Kier alpha value is -2.06. The number of hydrogen-bond acceptors (Lipinski definition) is 5. The lowest BCUT2D eigenvalue weighted by Gasteiger charge is -2.28. The summed E-state index contributed by atoms with van der Waals surface area (Å²) in [5.41, 5.74) is 3.05. The van der Waals surface area contributed by atoms with E-state index in [2.05, 4.69) is 41.4 Å². The van der Waals surface area contributed by atoms with Crippen LogP contribution in [0, 0.1) is 6.92 Å². The molecule has 1 unspecified atom stereocenters. The van der Waals surface area contributed by atoms with Gasteiger partial charge in [-0.2, -0.15) is 4.31 Å². The summed E-state index contributed by atoms with van der Waals surface area (Å²) in [6.07, 6.45) is 5.32. The van der Waals surface area contributed by atoms with Crippen molar-refractivity contribution in [3.05, 3.63) is 65.2 Å². The second-order valence-corrected chi connectivity index (χ2v) is 11.2. The van der Waals surface area contributed by atoms with E-state index in [9.17, 15) is 13.2 Å². The van der Waals surface area contributed by atoms with Crippen LogP contribution in [-0.4, -0.2) is 62.7 Å². The van der Waals surface area contributed by atoms with Gasteiger partial charge in [-0.05, 0) is 63.4 Å². The third kappa shape index (κ3) is 5.90. The quantitative estimate of drug-likeness (QED) is 0.566. The number of piperidine rings is 1. The van der Waals surface area contributed by atoms with Gasteiger partial charge in [-0.1, -0.05) is 48.4 Å². The van der Waals surface area contributed by atoms with Crippen molar-refractivity contribution in [3.63, 3.8) is 0 Å². The summed E-state index contributed by atoms with van der Waals surface area (Å²) >= 11 is 0. The van der Waals surface area contributed by atoms with Crippen molar-refractivity contribution in [2.75, 3.05) is 39.3 Å². The standard InChI is InChI=1S/C26H35N3O3S/c1-21-7-9-22(10-8-21)25(28-15-5-6-16-28)19-27-20-26(30)23-11-13-24(14-12-23)33(31,32)29-17-3-2-4-18-29/h7-14,25,27H,2-6,15-20H2,1H3. The molecular formula is C26H35N3O3S. The lowest BCUT2D eigenvalue weighted by Crippen LogP contribution is -2.36. The maximum atomic E-state index is 12.8. The van der Waals surface area contributed by atoms with Gasteiger partial charge in [0.2, 0.25) is 10.0 Å². The number of Topliss-reactive ketones (excluding diaryl/α,β-unsaturated/α-hetero) is 1. The van der Waals surface area contributed by atoms with Gasteiger partial charge in [0.1, 0.15) is 0 Å². The molecule has 2 saturated heterocycles. The number of aryl methyl sites for hydroxylation is 1. The summed E-state index contributed by atoms with van der Waals surface area (Å²) in [6.45, 7) is 6.35. The first kappa shape index (κ1) is 24.1. The Morgan fingerprint density at radius 2 is 1.48 bits per heavy atom. The van der Waals surface area contributed by atoms with Gasteiger partial charge in [-0.3, -0.25) is 9.69 Å². The van der Waals surface area contributed by atoms with E-state index in [1.54, 1.807) is 28.6 Å². The monoisotopic (exact) mass is 469 g/mol. The molecule has 33 heavy (non-hydrogen) atoms. The highest BCUT2D eigenvalue weighted by Gasteiger charge is 2.26. The highest BCUT2D eigenvalue weighted by atomic mass is 32.2. The van der Waals surface area contributed by atoms with Gasteiger partial charge in [0.15, 0.2) is 5.78 Å². The molecule has 2 aromatic carbocycles. The first-order valence-corrected chi connectivity index (χ1v) is 13.5. The van der Waals surface area contributed by atoms with Gasteiger partial charge in [-0.15, -0.1) is 0 Å². The van der Waals surface area contributed by atoms with Gasteiger partial charge in [0.25, 0.3) is 0 Å². The van der Waals surface area contributed by atoms with Gasteiger partial charge in [0.05, 0.1) is 11.4 Å². The Morgan fingerprint density at radius 3 is 2.12 bits per heavy atom. The molecule has 2 fully saturated rings. The number of carbonyl (C=O) groups is 1. The Morgan fingerprint density at radius 1 is 0.879 bits per heavy atom. The fraction of sp³-hybridized carbons (Fsp3) is 0.500. The number of hydrogen-bond donors (Lipinski definition) is 1. The molecule has 4 rings (SSSR count). The largest absolute Gasteiger partial charge is 0.308 e. The van der Waals surface area contributed by atoms with E-state index in [0.717, 1.165) is 32.4 Å². The third-order valence-electron chi connectivity index (χ3n) is 6.80. The van der Waals surface area contributed by atoms with Crippen LogP contribution in [0.3, 0.4) is 0 Å². The van der Waals surface area contributed by atoms with E-state index in [1.165, 1.54) is 24.0 Å². The molecule has 178 valence electrons. The van der Waals surface area contributed by atoms with E-state index in [0.29, 0.717) is 25.2 Å². The second-order valence-electron chi connectivity index (χ2n) is 9.21. The Labute approximate surface area is 198 Å². The highest BCUT2D eigenvalue weighted by molar-refractivity contribution is 7.89. The number of carbonyl (C=O) groups excluding carboxylic acids is 1. The van der Waals surface area contributed by atoms with E-state index in [4.69, 9.17) is 0 Å². The van der Waals surface area contributed by atoms with Crippen LogP contribution >= 0.6 is 0 Å². The topological polar surface area (TPSA) is 69.7 Å². The van der Waals surface area contributed by atoms with Crippen LogP contribution in [0.4, 0.5) is 0 Å². The minimum absolute atomic E-state index is 0.0269. The minimum atomic E-state index is -3.48. The molecule has 1 N–H and O–H groups in total. The van der Waals surface area contributed by atoms with Crippen LogP contribution in [-0.2, 0) is 10.0 Å². The maximum absolute atomic E-state index is 12.8. The lowest BCUT2D eigenvalue weighted by molar-refractivity contribution is 0.0987. The molecule has 2 aliphatic heterocycles. The second kappa shape index (κ2) is 10.9. The molecule has 0 spiro atoms. The van der Waals surface area contributed by atoms with Crippen molar-refractivity contribution < 1.29 is 13.2 Å². The fourth-order valence-corrected chi connectivity index (χ4v) is 6.31. The molecule has 0 radical (unpaired) electrons. The molecule has 0 aromatic heterocycles. The van der Waals surface area contributed by atoms with Crippen molar-refractivity contribution in [3.8, 4) is 0 Å². The molecule has 0 aliphatic carbocycles. The molecule has 0 amide bonds. The summed E-state index contributed by atoms with van der Waals surface area (Å²) in [7, 11) is -3.48. The predicted octanol–water partition coefficient (Wildman–Crippen LogP) is 3.78. The Bertz CT molecular complexity index is 1020. The zero-order valence-corrected chi connectivity index (χ0v) is 20.3. The minimum Gasteiger partial charge on any atom is -0.308 e. The van der Waals surface area contributed by atoms with Crippen molar-refractivity contribution in [2.45, 2.75) is 50.0 Å². The average molecular weight is 470 g/mol.